The van der Waals surface area contributed by atoms with E-state index in [4.69, 9.17) is 14.6 Å². The number of ether oxygens (including phenoxy) is 2. The molecular formula is C15H23NO3. The van der Waals surface area contributed by atoms with Gasteiger partial charge in [0, 0.05) is 13.2 Å². The molecule has 1 aliphatic rings. The Balaban J connectivity index is 1.83. The second kappa shape index (κ2) is 6.78. The molecule has 4 heteroatoms. The molecule has 0 saturated heterocycles. The molecule has 0 amide bonds. The van der Waals surface area contributed by atoms with Crippen molar-refractivity contribution in [3.8, 4) is 11.5 Å². The van der Waals surface area contributed by atoms with Gasteiger partial charge in [-0.05, 0) is 55.5 Å². The quantitative estimate of drug-likeness (QED) is 0.739. The van der Waals surface area contributed by atoms with Gasteiger partial charge in [0.15, 0.2) is 11.5 Å². The van der Waals surface area contributed by atoms with Crippen molar-refractivity contribution in [3.63, 3.8) is 0 Å². The van der Waals surface area contributed by atoms with E-state index < -0.39 is 0 Å². The monoisotopic (exact) mass is 265 g/mol. The summed E-state index contributed by atoms with van der Waals surface area (Å²) < 4.78 is 10.8. The number of hydrogen-bond acceptors (Lipinski definition) is 4. The highest BCUT2D eigenvalue weighted by molar-refractivity contribution is 5.48. The molecule has 0 fully saturated rings. The maximum absolute atomic E-state index is 9.12. The van der Waals surface area contributed by atoms with Crippen LogP contribution >= 0.6 is 0 Å². The van der Waals surface area contributed by atoms with Gasteiger partial charge >= 0.3 is 0 Å². The zero-order valence-electron chi connectivity index (χ0n) is 11.7. The van der Waals surface area contributed by atoms with Gasteiger partial charge in [-0.15, -0.1) is 0 Å². The van der Waals surface area contributed by atoms with E-state index in [1.54, 1.807) is 0 Å². The van der Waals surface area contributed by atoms with Crippen LogP contribution < -0.4 is 14.8 Å². The molecule has 1 aromatic rings. The van der Waals surface area contributed by atoms with Crippen LogP contribution in [0.15, 0.2) is 12.1 Å². The molecule has 0 radical (unpaired) electrons. The van der Waals surface area contributed by atoms with Crippen LogP contribution in [-0.4, -0.2) is 31.6 Å². The van der Waals surface area contributed by atoms with Gasteiger partial charge in [0.2, 0.25) is 6.79 Å². The molecule has 1 unspecified atom stereocenters. The molecule has 1 atom stereocenters. The van der Waals surface area contributed by atoms with Gasteiger partial charge in [0.1, 0.15) is 0 Å². The number of nitrogens with one attached hydrogen (secondary N) is 1. The van der Waals surface area contributed by atoms with Gasteiger partial charge in [-0.25, -0.2) is 0 Å². The van der Waals surface area contributed by atoms with Crippen LogP contribution in [-0.2, 0) is 6.42 Å². The van der Waals surface area contributed by atoms with E-state index in [0.717, 1.165) is 37.4 Å². The fourth-order valence-corrected chi connectivity index (χ4v) is 2.22. The predicted molar refractivity (Wildman–Crippen MR) is 74.7 cm³/mol. The molecule has 0 bridgehead atoms. The van der Waals surface area contributed by atoms with Crippen molar-refractivity contribution in [2.45, 2.75) is 26.7 Å². The maximum atomic E-state index is 9.12. The van der Waals surface area contributed by atoms with Crippen LogP contribution in [0.3, 0.4) is 0 Å². The Morgan fingerprint density at radius 2 is 2.05 bits per heavy atom. The first kappa shape index (κ1) is 14.2. The Kier molecular flexibility index (Phi) is 5.05. The number of hydrogen-bond donors (Lipinski definition) is 2. The SMILES string of the molecule is CCC(CO)CNCCc1cc2c(cc1C)OCO2. The van der Waals surface area contributed by atoms with Crippen LogP contribution in [0.25, 0.3) is 0 Å². The molecule has 2 rings (SSSR count). The number of aliphatic hydroxyl groups excluding tert-OH is 1. The van der Waals surface area contributed by atoms with Crippen LogP contribution in [0.1, 0.15) is 24.5 Å². The minimum absolute atomic E-state index is 0.256. The van der Waals surface area contributed by atoms with Gasteiger partial charge in [-0.1, -0.05) is 6.92 Å². The van der Waals surface area contributed by atoms with E-state index in [-0.39, 0.29) is 6.61 Å². The van der Waals surface area contributed by atoms with Gasteiger partial charge in [0.05, 0.1) is 0 Å². The van der Waals surface area contributed by atoms with Crippen molar-refractivity contribution in [3.05, 3.63) is 23.3 Å². The predicted octanol–water partition coefficient (Wildman–Crippen LogP) is 1.87. The normalized spacial score (nSPS) is 14.7. The molecule has 0 aromatic heterocycles. The topological polar surface area (TPSA) is 50.7 Å². The van der Waals surface area contributed by atoms with E-state index in [9.17, 15) is 0 Å². The van der Waals surface area contributed by atoms with Gasteiger partial charge < -0.3 is 19.9 Å². The number of fused-ring (bicyclic) bond motifs is 1. The van der Waals surface area contributed by atoms with E-state index >= 15 is 0 Å². The fourth-order valence-electron chi connectivity index (χ4n) is 2.22. The highest BCUT2D eigenvalue weighted by Gasteiger charge is 2.15. The summed E-state index contributed by atoms with van der Waals surface area (Å²) in [6.45, 7) is 6.57. The second-order valence-corrected chi connectivity index (χ2v) is 5.04. The number of aliphatic hydroxyl groups is 1. The fraction of sp³-hybridized carbons (Fsp3) is 0.600. The molecule has 0 spiro atoms. The first-order valence-corrected chi connectivity index (χ1v) is 6.95. The minimum atomic E-state index is 0.256. The lowest BCUT2D eigenvalue weighted by molar-refractivity contribution is 0.174. The number of rotatable bonds is 7. The van der Waals surface area contributed by atoms with E-state index in [2.05, 4.69) is 25.2 Å². The summed E-state index contributed by atoms with van der Waals surface area (Å²) in [7, 11) is 0. The standard InChI is InChI=1S/C15H23NO3/c1-3-12(9-17)8-16-5-4-13-7-15-14(6-11(13)2)18-10-19-15/h6-7,12,16-17H,3-5,8-10H2,1-2H3. The Morgan fingerprint density at radius 3 is 2.74 bits per heavy atom. The minimum Gasteiger partial charge on any atom is -0.454 e. The average Bonchev–Trinajstić information content (AvgIpc) is 2.86. The molecule has 4 nitrogen and oxygen atoms in total. The van der Waals surface area contributed by atoms with Gasteiger partial charge in [0.25, 0.3) is 0 Å². The second-order valence-electron chi connectivity index (χ2n) is 5.04. The third-order valence-electron chi connectivity index (χ3n) is 3.67. The van der Waals surface area contributed by atoms with Gasteiger partial charge in [-0.2, -0.15) is 0 Å². The molecular weight excluding hydrogens is 242 g/mol. The molecule has 0 aliphatic carbocycles. The van der Waals surface area contributed by atoms with Crippen LogP contribution in [0, 0.1) is 12.8 Å². The third kappa shape index (κ3) is 3.61. The summed E-state index contributed by atoms with van der Waals surface area (Å²) in [4.78, 5) is 0. The zero-order valence-corrected chi connectivity index (χ0v) is 11.7. The smallest absolute Gasteiger partial charge is 0.231 e. The van der Waals surface area contributed by atoms with Crippen molar-refractivity contribution >= 4 is 0 Å². The maximum Gasteiger partial charge on any atom is 0.231 e. The van der Waals surface area contributed by atoms with Crippen LogP contribution in [0.4, 0.5) is 0 Å². The Morgan fingerprint density at radius 1 is 1.32 bits per heavy atom. The lowest BCUT2D eigenvalue weighted by atomic mass is 10.0. The first-order valence-electron chi connectivity index (χ1n) is 6.95. The average molecular weight is 265 g/mol. The van der Waals surface area contributed by atoms with Crippen molar-refractivity contribution in [1.82, 2.24) is 5.32 Å². The Labute approximate surface area is 114 Å². The molecule has 19 heavy (non-hydrogen) atoms. The number of benzene rings is 1. The largest absolute Gasteiger partial charge is 0.454 e. The van der Waals surface area contributed by atoms with Crippen molar-refractivity contribution in [1.29, 1.82) is 0 Å². The molecule has 1 heterocycles. The summed E-state index contributed by atoms with van der Waals surface area (Å²) >= 11 is 0. The Bertz CT molecular complexity index is 416. The lowest BCUT2D eigenvalue weighted by Gasteiger charge is -2.13. The van der Waals surface area contributed by atoms with Crippen molar-refractivity contribution in [2.24, 2.45) is 5.92 Å². The molecule has 0 saturated carbocycles. The van der Waals surface area contributed by atoms with E-state index in [1.807, 2.05) is 6.07 Å². The molecule has 2 N–H and O–H groups in total. The summed E-state index contributed by atoms with van der Waals surface area (Å²) in [6.07, 6.45) is 1.97. The number of aryl methyl sites for hydroxylation is 1. The summed E-state index contributed by atoms with van der Waals surface area (Å²) in [5.41, 5.74) is 2.52. The lowest BCUT2D eigenvalue weighted by Crippen LogP contribution is -2.26. The van der Waals surface area contributed by atoms with Gasteiger partial charge in [-0.3, -0.25) is 0 Å². The van der Waals surface area contributed by atoms with Crippen molar-refractivity contribution in [2.75, 3.05) is 26.5 Å². The van der Waals surface area contributed by atoms with E-state index in [1.165, 1.54) is 11.1 Å². The summed E-state index contributed by atoms with van der Waals surface area (Å²) in [5.74, 6) is 2.06. The summed E-state index contributed by atoms with van der Waals surface area (Å²) in [5, 5.41) is 12.5. The van der Waals surface area contributed by atoms with Crippen LogP contribution in [0.5, 0.6) is 11.5 Å². The van der Waals surface area contributed by atoms with Crippen molar-refractivity contribution < 1.29 is 14.6 Å². The molecule has 1 aromatic carbocycles. The molecule has 1 aliphatic heterocycles. The highest BCUT2D eigenvalue weighted by atomic mass is 16.7. The highest BCUT2D eigenvalue weighted by Crippen LogP contribution is 2.34. The first-order chi connectivity index (χ1) is 9.24. The third-order valence-corrected chi connectivity index (χ3v) is 3.67. The summed E-state index contributed by atoms with van der Waals surface area (Å²) in [6, 6.07) is 4.11. The Hall–Kier alpha value is -1.26. The van der Waals surface area contributed by atoms with E-state index in [0.29, 0.717) is 12.7 Å². The molecule has 106 valence electrons. The zero-order chi connectivity index (χ0) is 13.7. The van der Waals surface area contributed by atoms with Crippen LogP contribution in [0.2, 0.25) is 0 Å².